The SMILES string of the molecule is CC(C)CCNC(=O)CC1CCNCC1. The van der Waals surface area contributed by atoms with Crippen LogP contribution in [-0.4, -0.2) is 25.5 Å². The summed E-state index contributed by atoms with van der Waals surface area (Å²) in [4.78, 5) is 11.6. The molecule has 1 amide bonds. The first-order chi connectivity index (χ1) is 7.18. The van der Waals surface area contributed by atoms with E-state index in [1.165, 1.54) is 0 Å². The fourth-order valence-electron chi connectivity index (χ4n) is 1.92. The van der Waals surface area contributed by atoms with Crippen molar-refractivity contribution in [2.45, 2.75) is 39.5 Å². The number of rotatable bonds is 5. The smallest absolute Gasteiger partial charge is 0.220 e. The van der Waals surface area contributed by atoms with Crippen molar-refractivity contribution in [3.8, 4) is 0 Å². The molecule has 0 aromatic carbocycles. The summed E-state index contributed by atoms with van der Waals surface area (Å²) in [6, 6.07) is 0. The minimum absolute atomic E-state index is 0.238. The number of piperidine rings is 1. The van der Waals surface area contributed by atoms with E-state index in [1.54, 1.807) is 0 Å². The van der Waals surface area contributed by atoms with E-state index in [9.17, 15) is 4.79 Å². The summed E-state index contributed by atoms with van der Waals surface area (Å²) >= 11 is 0. The Morgan fingerprint density at radius 1 is 1.40 bits per heavy atom. The molecule has 0 saturated carbocycles. The number of carbonyl (C=O) groups excluding carboxylic acids is 1. The Morgan fingerprint density at radius 3 is 2.67 bits per heavy atom. The molecular weight excluding hydrogens is 188 g/mol. The van der Waals surface area contributed by atoms with Crippen LogP contribution in [0.5, 0.6) is 0 Å². The molecule has 1 aliphatic rings. The molecule has 88 valence electrons. The van der Waals surface area contributed by atoms with Gasteiger partial charge in [-0.15, -0.1) is 0 Å². The van der Waals surface area contributed by atoms with Crippen molar-refractivity contribution < 1.29 is 4.79 Å². The first-order valence-electron chi connectivity index (χ1n) is 6.16. The van der Waals surface area contributed by atoms with E-state index in [4.69, 9.17) is 0 Å². The first-order valence-corrected chi connectivity index (χ1v) is 6.16. The Labute approximate surface area is 93.0 Å². The van der Waals surface area contributed by atoms with Crippen molar-refractivity contribution in [2.75, 3.05) is 19.6 Å². The second-order valence-electron chi connectivity index (χ2n) is 4.93. The molecule has 15 heavy (non-hydrogen) atoms. The molecule has 0 unspecified atom stereocenters. The minimum Gasteiger partial charge on any atom is -0.356 e. The molecule has 0 aliphatic carbocycles. The maximum atomic E-state index is 11.6. The van der Waals surface area contributed by atoms with Crippen LogP contribution < -0.4 is 10.6 Å². The molecule has 0 radical (unpaired) electrons. The molecule has 1 heterocycles. The van der Waals surface area contributed by atoms with Crippen molar-refractivity contribution >= 4 is 5.91 Å². The van der Waals surface area contributed by atoms with Crippen LogP contribution in [0.2, 0.25) is 0 Å². The van der Waals surface area contributed by atoms with E-state index in [0.717, 1.165) is 45.3 Å². The quantitative estimate of drug-likeness (QED) is 0.726. The van der Waals surface area contributed by atoms with Crippen LogP contribution in [0, 0.1) is 11.8 Å². The zero-order valence-corrected chi connectivity index (χ0v) is 10.0. The van der Waals surface area contributed by atoms with Crippen LogP contribution >= 0.6 is 0 Å². The Balaban J connectivity index is 2.06. The van der Waals surface area contributed by atoms with Crippen LogP contribution in [0.3, 0.4) is 0 Å². The van der Waals surface area contributed by atoms with Gasteiger partial charge in [0.2, 0.25) is 5.91 Å². The van der Waals surface area contributed by atoms with Gasteiger partial charge in [-0.3, -0.25) is 4.79 Å². The lowest BCUT2D eigenvalue weighted by Gasteiger charge is -2.21. The second kappa shape index (κ2) is 6.83. The molecule has 1 fully saturated rings. The zero-order chi connectivity index (χ0) is 11.1. The molecule has 1 rings (SSSR count). The van der Waals surface area contributed by atoms with E-state index in [1.807, 2.05) is 0 Å². The Kier molecular flexibility index (Phi) is 5.69. The van der Waals surface area contributed by atoms with Crippen molar-refractivity contribution in [2.24, 2.45) is 11.8 Å². The largest absolute Gasteiger partial charge is 0.356 e. The van der Waals surface area contributed by atoms with Crippen LogP contribution in [0.15, 0.2) is 0 Å². The van der Waals surface area contributed by atoms with E-state index in [2.05, 4.69) is 24.5 Å². The van der Waals surface area contributed by atoms with Crippen LogP contribution in [0.25, 0.3) is 0 Å². The molecular formula is C12H24N2O. The number of carbonyl (C=O) groups is 1. The Morgan fingerprint density at radius 2 is 2.07 bits per heavy atom. The topological polar surface area (TPSA) is 41.1 Å². The number of nitrogens with one attached hydrogen (secondary N) is 2. The second-order valence-corrected chi connectivity index (χ2v) is 4.93. The summed E-state index contributed by atoms with van der Waals surface area (Å²) < 4.78 is 0. The van der Waals surface area contributed by atoms with E-state index in [-0.39, 0.29) is 5.91 Å². The van der Waals surface area contributed by atoms with Crippen LogP contribution in [0.1, 0.15) is 39.5 Å². The van der Waals surface area contributed by atoms with Gasteiger partial charge in [0.05, 0.1) is 0 Å². The van der Waals surface area contributed by atoms with E-state index < -0.39 is 0 Å². The molecule has 1 aliphatic heterocycles. The van der Waals surface area contributed by atoms with Crippen LogP contribution in [0.4, 0.5) is 0 Å². The highest BCUT2D eigenvalue weighted by molar-refractivity contribution is 5.76. The number of amides is 1. The minimum atomic E-state index is 0.238. The van der Waals surface area contributed by atoms with Gasteiger partial charge in [-0.05, 0) is 44.2 Å². The molecule has 2 N–H and O–H groups in total. The summed E-state index contributed by atoms with van der Waals surface area (Å²) in [5.74, 6) is 1.51. The van der Waals surface area contributed by atoms with Crippen molar-refractivity contribution in [3.63, 3.8) is 0 Å². The highest BCUT2D eigenvalue weighted by atomic mass is 16.1. The van der Waals surface area contributed by atoms with Gasteiger partial charge in [0.15, 0.2) is 0 Å². The fraction of sp³-hybridized carbons (Fsp3) is 0.917. The van der Waals surface area contributed by atoms with Crippen molar-refractivity contribution in [1.29, 1.82) is 0 Å². The summed E-state index contributed by atoms with van der Waals surface area (Å²) in [5, 5.41) is 6.32. The Hall–Kier alpha value is -0.570. The van der Waals surface area contributed by atoms with Gasteiger partial charge in [0.25, 0.3) is 0 Å². The van der Waals surface area contributed by atoms with Crippen LogP contribution in [-0.2, 0) is 4.79 Å². The van der Waals surface area contributed by atoms with Gasteiger partial charge in [0.1, 0.15) is 0 Å². The maximum Gasteiger partial charge on any atom is 0.220 e. The average molecular weight is 212 g/mol. The van der Waals surface area contributed by atoms with Gasteiger partial charge in [-0.25, -0.2) is 0 Å². The lowest BCUT2D eigenvalue weighted by Crippen LogP contribution is -2.32. The third-order valence-electron chi connectivity index (χ3n) is 2.98. The van der Waals surface area contributed by atoms with Crippen molar-refractivity contribution in [1.82, 2.24) is 10.6 Å². The molecule has 0 atom stereocenters. The van der Waals surface area contributed by atoms with Gasteiger partial charge in [0, 0.05) is 13.0 Å². The standard InChI is InChI=1S/C12H24N2O/c1-10(2)3-8-14-12(15)9-11-4-6-13-7-5-11/h10-11,13H,3-9H2,1-2H3,(H,14,15). The lowest BCUT2D eigenvalue weighted by molar-refractivity contribution is -0.122. The Bertz CT molecular complexity index is 186. The molecule has 0 spiro atoms. The predicted octanol–water partition coefficient (Wildman–Crippen LogP) is 1.54. The number of hydrogen-bond donors (Lipinski definition) is 2. The maximum absolute atomic E-state index is 11.6. The van der Waals surface area contributed by atoms with Crippen molar-refractivity contribution in [3.05, 3.63) is 0 Å². The summed E-state index contributed by atoms with van der Waals surface area (Å²) in [7, 11) is 0. The normalized spacial score (nSPS) is 18.1. The molecule has 0 aromatic rings. The predicted molar refractivity (Wildman–Crippen MR) is 62.7 cm³/mol. The van der Waals surface area contributed by atoms with E-state index in [0.29, 0.717) is 11.8 Å². The third-order valence-corrected chi connectivity index (χ3v) is 2.98. The first kappa shape index (κ1) is 12.5. The van der Waals surface area contributed by atoms with Gasteiger partial charge >= 0.3 is 0 Å². The highest BCUT2D eigenvalue weighted by Gasteiger charge is 2.16. The fourth-order valence-corrected chi connectivity index (χ4v) is 1.92. The average Bonchev–Trinajstić information content (AvgIpc) is 2.18. The zero-order valence-electron chi connectivity index (χ0n) is 10.0. The summed E-state index contributed by atoms with van der Waals surface area (Å²) in [5.41, 5.74) is 0. The van der Waals surface area contributed by atoms with Gasteiger partial charge < -0.3 is 10.6 Å². The molecule has 3 heteroatoms. The molecule has 3 nitrogen and oxygen atoms in total. The van der Waals surface area contributed by atoms with E-state index >= 15 is 0 Å². The third kappa shape index (κ3) is 5.78. The summed E-state index contributed by atoms with van der Waals surface area (Å²) in [6.45, 7) is 7.34. The lowest BCUT2D eigenvalue weighted by atomic mass is 9.94. The number of hydrogen-bond acceptors (Lipinski definition) is 2. The van der Waals surface area contributed by atoms with Gasteiger partial charge in [-0.2, -0.15) is 0 Å². The molecule has 0 bridgehead atoms. The monoisotopic (exact) mass is 212 g/mol. The summed E-state index contributed by atoms with van der Waals surface area (Å²) in [6.07, 6.45) is 4.10. The highest BCUT2D eigenvalue weighted by Crippen LogP contribution is 2.15. The molecule has 1 saturated heterocycles. The van der Waals surface area contributed by atoms with Gasteiger partial charge in [-0.1, -0.05) is 13.8 Å². The molecule has 0 aromatic heterocycles.